The molecule has 26 heavy (non-hydrogen) atoms. The van der Waals surface area contributed by atoms with E-state index in [1.54, 1.807) is 4.52 Å². The molecule has 1 aliphatic rings. The van der Waals surface area contributed by atoms with Crippen LogP contribution >= 0.6 is 0 Å². The third-order valence-electron chi connectivity index (χ3n) is 5.51. The number of amides is 1. The minimum Gasteiger partial charge on any atom is -0.480 e. The van der Waals surface area contributed by atoms with E-state index in [2.05, 4.69) is 27.3 Å². The zero-order valence-electron chi connectivity index (χ0n) is 15.4. The highest BCUT2D eigenvalue weighted by molar-refractivity contribution is 5.87. The molecule has 0 bridgehead atoms. The van der Waals surface area contributed by atoms with E-state index in [9.17, 15) is 14.7 Å². The fourth-order valence-corrected chi connectivity index (χ4v) is 3.73. The maximum atomic E-state index is 12.5. The van der Waals surface area contributed by atoms with Crippen LogP contribution in [0, 0.1) is 19.8 Å². The summed E-state index contributed by atoms with van der Waals surface area (Å²) in [5, 5.41) is 16.6. The lowest BCUT2D eigenvalue weighted by molar-refractivity contribution is -0.149. The van der Waals surface area contributed by atoms with E-state index in [0.717, 1.165) is 29.8 Å². The van der Waals surface area contributed by atoms with Gasteiger partial charge in [-0.3, -0.25) is 4.79 Å². The highest BCUT2D eigenvalue weighted by atomic mass is 16.4. The summed E-state index contributed by atoms with van der Waals surface area (Å²) in [4.78, 5) is 32.7. The van der Waals surface area contributed by atoms with Crippen LogP contribution in [0.3, 0.4) is 0 Å². The fraction of sp³-hybridized carbons (Fsp3) is 0.611. The molecule has 3 rings (SSSR count). The van der Waals surface area contributed by atoms with E-state index in [0.29, 0.717) is 31.0 Å². The molecule has 0 saturated heterocycles. The van der Waals surface area contributed by atoms with E-state index in [1.807, 2.05) is 13.8 Å². The van der Waals surface area contributed by atoms with E-state index < -0.39 is 11.5 Å². The molecule has 0 unspecified atom stereocenters. The van der Waals surface area contributed by atoms with Gasteiger partial charge in [0.05, 0.1) is 0 Å². The fourth-order valence-electron chi connectivity index (χ4n) is 3.73. The number of aliphatic carboxylic acids is 1. The van der Waals surface area contributed by atoms with Crippen molar-refractivity contribution < 1.29 is 14.7 Å². The summed E-state index contributed by atoms with van der Waals surface area (Å²) >= 11 is 0. The number of carbonyl (C=O) groups is 2. The van der Waals surface area contributed by atoms with Crippen molar-refractivity contribution in [3.63, 3.8) is 0 Å². The first-order valence-corrected chi connectivity index (χ1v) is 9.02. The van der Waals surface area contributed by atoms with Crippen molar-refractivity contribution in [2.24, 2.45) is 5.92 Å². The largest absolute Gasteiger partial charge is 0.480 e. The van der Waals surface area contributed by atoms with Crippen LogP contribution in [0.2, 0.25) is 0 Å². The highest BCUT2D eigenvalue weighted by Crippen LogP contribution is 2.32. The number of aryl methyl sites for hydroxylation is 2. The zero-order chi connectivity index (χ0) is 18.9. The summed E-state index contributed by atoms with van der Waals surface area (Å²) in [6.45, 7) is 5.92. The predicted octanol–water partition coefficient (Wildman–Crippen LogP) is 1.82. The van der Waals surface area contributed by atoms with Crippen LogP contribution in [0.15, 0.2) is 6.33 Å². The standard InChI is InChI=1S/C18H25N5O3/c1-11-6-8-18(9-7-11,16(25)26)22-15(24)5-4-14-12(2)21-17-19-10-20-23(17)13(14)3/h10-11H,4-9H2,1-3H3,(H,22,24)(H,25,26). The maximum absolute atomic E-state index is 12.5. The van der Waals surface area contributed by atoms with Crippen molar-refractivity contribution >= 4 is 17.7 Å². The number of hydrogen-bond acceptors (Lipinski definition) is 5. The molecule has 140 valence electrons. The van der Waals surface area contributed by atoms with Crippen molar-refractivity contribution in [2.75, 3.05) is 0 Å². The Morgan fingerprint density at radius 1 is 1.35 bits per heavy atom. The molecule has 1 saturated carbocycles. The summed E-state index contributed by atoms with van der Waals surface area (Å²) in [5.41, 5.74) is 1.54. The molecule has 0 atom stereocenters. The molecular weight excluding hydrogens is 334 g/mol. The van der Waals surface area contributed by atoms with Gasteiger partial charge in [-0.2, -0.15) is 10.1 Å². The third kappa shape index (κ3) is 3.40. The number of nitrogens with one attached hydrogen (secondary N) is 1. The second-order valence-electron chi connectivity index (χ2n) is 7.35. The van der Waals surface area contributed by atoms with Crippen molar-refractivity contribution in [1.29, 1.82) is 0 Å². The molecule has 1 amide bonds. The van der Waals surface area contributed by atoms with Crippen molar-refractivity contribution in [3.8, 4) is 0 Å². The molecule has 1 fully saturated rings. The number of carbonyl (C=O) groups excluding carboxylic acids is 1. The molecule has 2 heterocycles. The lowest BCUT2D eigenvalue weighted by atomic mass is 9.77. The normalized spacial score (nSPS) is 23.1. The summed E-state index contributed by atoms with van der Waals surface area (Å²) in [6.07, 6.45) is 4.76. The number of hydrogen-bond donors (Lipinski definition) is 2. The molecular formula is C18H25N5O3. The van der Waals surface area contributed by atoms with Gasteiger partial charge in [0, 0.05) is 17.8 Å². The Balaban J connectivity index is 1.70. The van der Waals surface area contributed by atoms with Gasteiger partial charge in [-0.1, -0.05) is 6.92 Å². The predicted molar refractivity (Wildman–Crippen MR) is 94.7 cm³/mol. The monoisotopic (exact) mass is 359 g/mol. The van der Waals surface area contributed by atoms with Crippen LogP contribution in [0.25, 0.3) is 5.78 Å². The molecule has 0 aromatic carbocycles. The van der Waals surface area contributed by atoms with Gasteiger partial charge in [0.2, 0.25) is 5.91 Å². The lowest BCUT2D eigenvalue weighted by Crippen LogP contribution is -2.56. The average Bonchev–Trinajstić information content (AvgIpc) is 3.05. The SMILES string of the molecule is Cc1nc2ncnn2c(C)c1CCC(=O)NC1(C(=O)O)CCC(C)CC1. The summed E-state index contributed by atoms with van der Waals surface area (Å²) in [5.74, 6) is -0.130. The van der Waals surface area contributed by atoms with Gasteiger partial charge < -0.3 is 10.4 Å². The van der Waals surface area contributed by atoms with Gasteiger partial charge in [0.15, 0.2) is 0 Å². The first-order chi connectivity index (χ1) is 12.3. The van der Waals surface area contributed by atoms with Crippen LogP contribution in [-0.4, -0.2) is 42.1 Å². The van der Waals surface area contributed by atoms with Crippen LogP contribution in [0.1, 0.15) is 56.0 Å². The molecule has 0 spiro atoms. The molecule has 2 N–H and O–H groups in total. The molecule has 2 aromatic heterocycles. The van der Waals surface area contributed by atoms with Gasteiger partial charge >= 0.3 is 5.97 Å². The lowest BCUT2D eigenvalue weighted by Gasteiger charge is -2.36. The van der Waals surface area contributed by atoms with E-state index >= 15 is 0 Å². The number of fused-ring (bicyclic) bond motifs is 1. The molecule has 1 aliphatic carbocycles. The van der Waals surface area contributed by atoms with Gasteiger partial charge in [0.1, 0.15) is 11.9 Å². The summed E-state index contributed by atoms with van der Waals surface area (Å²) < 4.78 is 1.65. The van der Waals surface area contributed by atoms with Gasteiger partial charge in [0.25, 0.3) is 5.78 Å². The number of aromatic nitrogens is 4. The van der Waals surface area contributed by atoms with E-state index in [4.69, 9.17) is 0 Å². The zero-order valence-corrected chi connectivity index (χ0v) is 15.4. The molecule has 8 heteroatoms. The Bertz CT molecular complexity index is 837. The van der Waals surface area contributed by atoms with Crippen molar-refractivity contribution in [3.05, 3.63) is 23.3 Å². The van der Waals surface area contributed by atoms with Crippen LogP contribution in [0.5, 0.6) is 0 Å². The molecule has 8 nitrogen and oxygen atoms in total. The Kier molecular flexibility index (Phi) is 4.93. The summed E-state index contributed by atoms with van der Waals surface area (Å²) in [7, 11) is 0. The second-order valence-corrected chi connectivity index (χ2v) is 7.35. The Labute approximate surface area is 152 Å². The highest BCUT2D eigenvalue weighted by Gasteiger charge is 2.42. The minimum absolute atomic E-state index is 0.216. The van der Waals surface area contributed by atoms with Crippen LogP contribution in [-0.2, 0) is 16.0 Å². The van der Waals surface area contributed by atoms with Gasteiger partial charge in [-0.15, -0.1) is 0 Å². The molecule has 2 aromatic rings. The quantitative estimate of drug-likeness (QED) is 0.843. The van der Waals surface area contributed by atoms with E-state index in [-0.39, 0.29) is 12.3 Å². The second kappa shape index (κ2) is 7.01. The number of nitrogens with zero attached hydrogens (tertiary/aromatic N) is 4. The Hall–Kier alpha value is -2.51. The third-order valence-corrected chi connectivity index (χ3v) is 5.51. The Morgan fingerprint density at radius 2 is 2.04 bits per heavy atom. The first kappa shape index (κ1) is 18.3. The molecule has 0 radical (unpaired) electrons. The molecule has 0 aliphatic heterocycles. The number of rotatable bonds is 5. The van der Waals surface area contributed by atoms with Crippen molar-refractivity contribution in [1.82, 2.24) is 24.9 Å². The average molecular weight is 359 g/mol. The van der Waals surface area contributed by atoms with Crippen LogP contribution in [0.4, 0.5) is 0 Å². The Morgan fingerprint density at radius 3 is 2.69 bits per heavy atom. The maximum Gasteiger partial charge on any atom is 0.329 e. The van der Waals surface area contributed by atoms with Gasteiger partial charge in [-0.25, -0.2) is 14.3 Å². The van der Waals surface area contributed by atoms with Crippen LogP contribution < -0.4 is 5.32 Å². The summed E-state index contributed by atoms with van der Waals surface area (Å²) in [6, 6.07) is 0. The first-order valence-electron chi connectivity index (χ1n) is 9.02. The van der Waals surface area contributed by atoms with Crippen molar-refractivity contribution in [2.45, 2.75) is 64.8 Å². The number of carboxylic acids is 1. The minimum atomic E-state index is -1.12. The van der Waals surface area contributed by atoms with E-state index in [1.165, 1.54) is 6.33 Å². The number of carboxylic acid groups (broad SMARTS) is 1. The van der Waals surface area contributed by atoms with Gasteiger partial charge in [-0.05, 0) is 57.4 Å². The smallest absolute Gasteiger partial charge is 0.329 e. The topological polar surface area (TPSA) is 109 Å².